The van der Waals surface area contributed by atoms with Crippen LogP contribution in [0.4, 0.5) is 0 Å². The molecule has 0 amide bonds. The van der Waals surface area contributed by atoms with Gasteiger partial charge in [0.15, 0.2) is 0 Å². The molecule has 0 aliphatic carbocycles. The van der Waals surface area contributed by atoms with Crippen molar-refractivity contribution in [1.29, 1.82) is 0 Å². The van der Waals surface area contributed by atoms with Crippen molar-refractivity contribution < 1.29 is 4.74 Å². The van der Waals surface area contributed by atoms with Gasteiger partial charge in [-0.3, -0.25) is 0 Å². The fourth-order valence-corrected chi connectivity index (χ4v) is 3.22. The van der Waals surface area contributed by atoms with E-state index in [2.05, 4.69) is 18.3 Å². The summed E-state index contributed by atoms with van der Waals surface area (Å²) in [7, 11) is 1.69. The van der Waals surface area contributed by atoms with E-state index in [4.69, 9.17) is 16.3 Å². The van der Waals surface area contributed by atoms with Crippen molar-refractivity contribution in [1.82, 2.24) is 5.32 Å². The molecular formula is C14H16ClNOS. The predicted molar refractivity (Wildman–Crippen MR) is 77.8 cm³/mol. The number of para-hydroxylation sites is 1. The summed E-state index contributed by atoms with van der Waals surface area (Å²) in [4.78, 5) is 1.13. The zero-order chi connectivity index (χ0) is 13.0. The zero-order valence-corrected chi connectivity index (χ0v) is 12.0. The minimum Gasteiger partial charge on any atom is -0.496 e. The van der Waals surface area contributed by atoms with Crippen LogP contribution >= 0.6 is 22.9 Å². The van der Waals surface area contributed by atoms with Crippen LogP contribution in [0.2, 0.25) is 5.02 Å². The summed E-state index contributed by atoms with van der Waals surface area (Å²) < 4.78 is 5.43. The Balaban J connectivity index is 2.45. The molecule has 0 spiro atoms. The van der Waals surface area contributed by atoms with Gasteiger partial charge in [0.2, 0.25) is 0 Å². The van der Waals surface area contributed by atoms with E-state index in [1.54, 1.807) is 18.4 Å². The zero-order valence-electron chi connectivity index (χ0n) is 10.4. The monoisotopic (exact) mass is 281 g/mol. The van der Waals surface area contributed by atoms with Gasteiger partial charge in [-0.2, -0.15) is 0 Å². The van der Waals surface area contributed by atoms with Crippen LogP contribution in [0.1, 0.15) is 23.4 Å². The van der Waals surface area contributed by atoms with Crippen molar-refractivity contribution in [2.45, 2.75) is 13.0 Å². The first-order valence-corrected chi connectivity index (χ1v) is 7.12. The number of ether oxygens (including phenoxy) is 1. The van der Waals surface area contributed by atoms with Crippen molar-refractivity contribution in [3.8, 4) is 5.75 Å². The quantitative estimate of drug-likeness (QED) is 0.890. The Kier molecular flexibility index (Phi) is 4.64. The van der Waals surface area contributed by atoms with Crippen LogP contribution in [0.15, 0.2) is 35.7 Å². The Morgan fingerprint density at radius 1 is 1.33 bits per heavy atom. The van der Waals surface area contributed by atoms with Crippen molar-refractivity contribution in [3.63, 3.8) is 0 Å². The topological polar surface area (TPSA) is 21.3 Å². The Bertz CT molecular complexity index is 512. The molecular weight excluding hydrogens is 266 g/mol. The standard InChI is InChI=1S/C14H16ClNOS/c1-3-16-13(14-11(15)8-9-18-14)10-6-4-5-7-12(10)17-2/h4-9,13,16H,3H2,1-2H3. The predicted octanol–water partition coefficient (Wildman–Crippen LogP) is 4.11. The van der Waals surface area contributed by atoms with Gasteiger partial charge in [-0.15, -0.1) is 11.3 Å². The number of methoxy groups -OCH3 is 1. The fraction of sp³-hybridized carbons (Fsp3) is 0.286. The van der Waals surface area contributed by atoms with Gasteiger partial charge >= 0.3 is 0 Å². The van der Waals surface area contributed by atoms with Crippen LogP contribution < -0.4 is 10.1 Å². The second-order valence-corrected chi connectivity index (χ2v) is 5.22. The van der Waals surface area contributed by atoms with Crippen LogP contribution in [0.3, 0.4) is 0 Å². The summed E-state index contributed by atoms with van der Waals surface area (Å²) in [5, 5.41) is 6.28. The Morgan fingerprint density at radius 3 is 2.72 bits per heavy atom. The molecule has 1 aromatic carbocycles. The van der Waals surface area contributed by atoms with Crippen molar-refractivity contribution in [2.75, 3.05) is 13.7 Å². The van der Waals surface area contributed by atoms with E-state index in [-0.39, 0.29) is 6.04 Å². The van der Waals surface area contributed by atoms with E-state index in [1.807, 2.05) is 29.6 Å². The van der Waals surface area contributed by atoms with Crippen LogP contribution in [-0.4, -0.2) is 13.7 Å². The highest BCUT2D eigenvalue weighted by Crippen LogP contribution is 2.36. The second kappa shape index (κ2) is 6.23. The Hall–Kier alpha value is -1.03. The first-order chi connectivity index (χ1) is 8.77. The van der Waals surface area contributed by atoms with Crippen molar-refractivity contribution in [3.05, 3.63) is 51.2 Å². The highest BCUT2D eigenvalue weighted by molar-refractivity contribution is 7.10. The number of rotatable bonds is 5. The van der Waals surface area contributed by atoms with E-state index in [9.17, 15) is 0 Å². The average Bonchev–Trinajstić information content (AvgIpc) is 2.82. The molecule has 96 valence electrons. The Labute approximate surface area is 117 Å². The van der Waals surface area contributed by atoms with Gasteiger partial charge < -0.3 is 10.1 Å². The molecule has 1 aromatic heterocycles. The summed E-state index contributed by atoms with van der Waals surface area (Å²) in [6.45, 7) is 2.96. The van der Waals surface area contributed by atoms with Gasteiger partial charge in [-0.25, -0.2) is 0 Å². The molecule has 4 heteroatoms. The van der Waals surface area contributed by atoms with Gasteiger partial charge in [0, 0.05) is 10.4 Å². The van der Waals surface area contributed by atoms with Crippen LogP contribution in [0.25, 0.3) is 0 Å². The normalized spacial score (nSPS) is 12.4. The van der Waals surface area contributed by atoms with Crippen molar-refractivity contribution >= 4 is 22.9 Å². The van der Waals surface area contributed by atoms with Crippen LogP contribution in [0, 0.1) is 0 Å². The molecule has 18 heavy (non-hydrogen) atoms. The fourth-order valence-electron chi connectivity index (χ4n) is 1.96. The van der Waals surface area contributed by atoms with Gasteiger partial charge in [0.1, 0.15) is 5.75 Å². The lowest BCUT2D eigenvalue weighted by molar-refractivity contribution is 0.404. The summed E-state index contributed by atoms with van der Waals surface area (Å²) in [6.07, 6.45) is 0. The Morgan fingerprint density at radius 2 is 2.11 bits per heavy atom. The third-order valence-corrected chi connectivity index (χ3v) is 4.19. The molecule has 2 nitrogen and oxygen atoms in total. The maximum absolute atomic E-state index is 6.25. The highest BCUT2D eigenvalue weighted by Gasteiger charge is 2.20. The summed E-state index contributed by atoms with van der Waals surface area (Å²) in [6, 6.07) is 10.1. The minimum absolute atomic E-state index is 0.0821. The lowest BCUT2D eigenvalue weighted by Gasteiger charge is -2.20. The van der Waals surface area contributed by atoms with Gasteiger partial charge in [0.25, 0.3) is 0 Å². The molecule has 0 bridgehead atoms. The van der Waals surface area contributed by atoms with E-state index in [1.165, 1.54) is 0 Å². The summed E-state index contributed by atoms with van der Waals surface area (Å²) in [5.41, 5.74) is 1.12. The minimum atomic E-state index is 0.0821. The van der Waals surface area contributed by atoms with E-state index in [0.29, 0.717) is 0 Å². The number of hydrogen-bond acceptors (Lipinski definition) is 3. The SMILES string of the molecule is CCNC(c1ccccc1OC)c1sccc1Cl. The molecule has 2 aromatic rings. The van der Waals surface area contributed by atoms with Crippen molar-refractivity contribution in [2.24, 2.45) is 0 Å². The number of benzene rings is 1. The van der Waals surface area contributed by atoms with Gasteiger partial charge in [0.05, 0.1) is 18.2 Å². The highest BCUT2D eigenvalue weighted by atomic mass is 35.5. The number of halogens is 1. The summed E-state index contributed by atoms with van der Waals surface area (Å²) in [5.74, 6) is 0.882. The lowest BCUT2D eigenvalue weighted by Crippen LogP contribution is -2.21. The summed E-state index contributed by atoms with van der Waals surface area (Å²) >= 11 is 7.91. The molecule has 0 fully saturated rings. The second-order valence-electron chi connectivity index (χ2n) is 3.87. The molecule has 0 saturated carbocycles. The number of nitrogens with one attached hydrogen (secondary N) is 1. The molecule has 0 aliphatic heterocycles. The molecule has 2 rings (SSSR count). The van der Waals surface area contributed by atoms with E-state index < -0.39 is 0 Å². The number of thiophene rings is 1. The van der Waals surface area contributed by atoms with Gasteiger partial charge in [-0.05, 0) is 24.1 Å². The maximum atomic E-state index is 6.25. The first kappa shape index (κ1) is 13.4. The smallest absolute Gasteiger partial charge is 0.124 e. The molecule has 1 heterocycles. The maximum Gasteiger partial charge on any atom is 0.124 e. The van der Waals surface area contributed by atoms with Crippen LogP contribution in [-0.2, 0) is 0 Å². The van der Waals surface area contributed by atoms with Crippen LogP contribution in [0.5, 0.6) is 5.75 Å². The average molecular weight is 282 g/mol. The van der Waals surface area contributed by atoms with E-state index in [0.717, 1.165) is 27.8 Å². The molecule has 0 saturated heterocycles. The first-order valence-electron chi connectivity index (χ1n) is 5.87. The third-order valence-electron chi connectivity index (χ3n) is 2.77. The molecule has 1 unspecified atom stereocenters. The number of hydrogen-bond donors (Lipinski definition) is 1. The molecule has 0 aliphatic rings. The lowest BCUT2D eigenvalue weighted by atomic mass is 10.0. The molecule has 1 N–H and O–H groups in total. The molecule has 0 radical (unpaired) electrons. The largest absolute Gasteiger partial charge is 0.496 e. The third kappa shape index (κ3) is 2.69. The van der Waals surface area contributed by atoms with Gasteiger partial charge in [-0.1, -0.05) is 36.7 Å². The molecule has 1 atom stereocenters. The van der Waals surface area contributed by atoms with E-state index >= 15 is 0 Å².